The summed E-state index contributed by atoms with van der Waals surface area (Å²) in [5, 5.41) is 11.3. The van der Waals surface area contributed by atoms with Gasteiger partial charge in [0, 0.05) is 28.6 Å². The van der Waals surface area contributed by atoms with Crippen molar-refractivity contribution in [3.63, 3.8) is 0 Å². The van der Waals surface area contributed by atoms with Crippen LogP contribution in [0.15, 0.2) is 42.6 Å². The number of hydrogen-bond acceptors (Lipinski definition) is 3. The molecule has 0 aliphatic rings. The van der Waals surface area contributed by atoms with Gasteiger partial charge in [0.15, 0.2) is 0 Å². The summed E-state index contributed by atoms with van der Waals surface area (Å²) in [5.41, 5.74) is 12.6. The summed E-state index contributed by atoms with van der Waals surface area (Å²) >= 11 is 6.13. The van der Waals surface area contributed by atoms with E-state index < -0.39 is 0 Å². The van der Waals surface area contributed by atoms with Crippen LogP contribution in [-0.2, 0) is 0 Å². The standard InChI is InChI=1S/C20H19ClN2O/c1-11-6-16(14-4-5-19(22)18(21)9-14)20(24)17(7-11)15-8-12(2)13(3)23-10-15/h4-10,24H,22H2,1-3H3. The molecule has 0 radical (unpaired) electrons. The van der Waals surface area contributed by atoms with E-state index in [1.54, 1.807) is 18.3 Å². The van der Waals surface area contributed by atoms with Gasteiger partial charge < -0.3 is 10.8 Å². The van der Waals surface area contributed by atoms with Crippen LogP contribution in [0.1, 0.15) is 16.8 Å². The number of aromatic nitrogens is 1. The van der Waals surface area contributed by atoms with Crippen LogP contribution in [0.25, 0.3) is 22.3 Å². The predicted molar refractivity (Wildman–Crippen MR) is 100 cm³/mol. The van der Waals surface area contributed by atoms with Gasteiger partial charge in [-0.2, -0.15) is 0 Å². The molecule has 3 rings (SSSR count). The molecule has 0 fully saturated rings. The average Bonchev–Trinajstić information content (AvgIpc) is 2.54. The first kappa shape index (κ1) is 16.3. The number of rotatable bonds is 2. The molecular weight excluding hydrogens is 320 g/mol. The lowest BCUT2D eigenvalue weighted by molar-refractivity contribution is 0.479. The Labute approximate surface area is 146 Å². The normalized spacial score (nSPS) is 10.8. The second-order valence-corrected chi connectivity index (χ2v) is 6.48. The summed E-state index contributed by atoms with van der Waals surface area (Å²) < 4.78 is 0. The van der Waals surface area contributed by atoms with Gasteiger partial charge in [0.1, 0.15) is 5.75 Å². The van der Waals surface area contributed by atoms with Crippen LogP contribution in [0.3, 0.4) is 0 Å². The molecule has 24 heavy (non-hydrogen) atoms. The molecule has 0 unspecified atom stereocenters. The average molecular weight is 339 g/mol. The highest BCUT2D eigenvalue weighted by Crippen LogP contribution is 2.40. The summed E-state index contributed by atoms with van der Waals surface area (Å²) in [6.45, 7) is 5.98. The first-order valence-corrected chi connectivity index (χ1v) is 8.07. The van der Waals surface area contributed by atoms with Crippen LogP contribution in [0, 0.1) is 20.8 Å². The van der Waals surface area contributed by atoms with Crippen LogP contribution in [0.2, 0.25) is 5.02 Å². The summed E-state index contributed by atoms with van der Waals surface area (Å²) in [6.07, 6.45) is 1.79. The van der Waals surface area contributed by atoms with E-state index in [9.17, 15) is 5.11 Å². The van der Waals surface area contributed by atoms with Gasteiger partial charge in [-0.1, -0.05) is 17.7 Å². The monoisotopic (exact) mass is 338 g/mol. The smallest absolute Gasteiger partial charge is 0.131 e. The molecule has 0 atom stereocenters. The number of phenolic OH excluding ortho intramolecular Hbond substituents is 1. The molecule has 3 nitrogen and oxygen atoms in total. The Morgan fingerprint density at radius 3 is 2.25 bits per heavy atom. The number of halogens is 1. The SMILES string of the molecule is Cc1cc(-c2cnc(C)c(C)c2)c(O)c(-c2ccc(N)c(Cl)c2)c1. The quantitative estimate of drug-likeness (QED) is 0.625. The third kappa shape index (κ3) is 2.95. The fourth-order valence-electron chi connectivity index (χ4n) is 2.70. The number of pyridine rings is 1. The summed E-state index contributed by atoms with van der Waals surface area (Å²) in [4.78, 5) is 4.41. The van der Waals surface area contributed by atoms with Gasteiger partial charge in [0.25, 0.3) is 0 Å². The first-order valence-electron chi connectivity index (χ1n) is 7.69. The van der Waals surface area contributed by atoms with Crippen molar-refractivity contribution in [2.24, 2.45) is 0 Å². The van der Waals surface area contributed by atoms with Crippen molar-refractivity contribution < 1.29 is 5.11 Å². The molecular formula is C20H19ClN2O. The van der Waals surface area contributed by atoms with Crippen molar-refractivity contribution in [2.45, 2.75) is 20.8 Å². The Balaban J connectivity index is 2.21. The largest absolute Gasteiger partial charge is 0.507 e. The van der Waals surface area contributed by atoms with E-state index in [0.717, 1.165) is 39.1 Å². The molecule has 3 N–H and O–H groups in total. The van der Waals surface area contributed by atoms with Crippen LogP contribution >= 0.6 is 11.6 Å². The second-order valence-electron chi connectivity index (χ2n) is 6.07. The first-order chi connectivity index (χ1) is 11.4. The highest BCUT2D eigenvalue weighted by Gasteiger charge is 2.14. The zero-order valence-electron chi connectivity index (χ0n) is 13.9. The predicted octanol–water partition coefficient (Wildman–Crippen LogP) is 5.28. The van der Waals surface area contributed by atoms with E-state index in [-0.39, 0.29) is 5.75 Å². The fraction of sp³-hybridized carbons (Fsp3) is 0.150. The van der Waals surface area contributed by atoms with Crippen LogP contribution in [0.4, 0.5) is 5.69 Å². The molecule has 0 aliphatic heterocycles. The number of phenols is 1. The maximum Gasteiger partial charge on any atom is 0.131 e. The van der Waals surface area contributed by atoms with Crippen molar-refractivity contribution in [3.05, 3.63) is 64.4 Å². The van der Waals surface area contributed by atoms with Gasteiger partial charge in [-0.3, -0.25) is 4.98 Å². The summed E-state index contributed by atoms with van der Waals surface area (Å²) in [7, 11) is 0. The maximum absolute atomic E-state index is 10.8. The number of anilines is 1. The van der Waals surface area contributed by atoms with E-state index in [2.05, 4.69) is 4.98 Å². The van der Waals surface area contributed by atoms with Gasteiger partial charge in [-0.15, -0.1) is 0 Å². The highest BCUT2D eigenvalue weighted by molar-refractivity contribution is 6.33. The number of nitrogen functional groups attached to an aromatic ring is 1. The molecule has 0 aliphatic carbocycles. The lowest BCUT2D eigenvalue weighted by Gasteiger charge is -2.13. The minimum absolute atomic E-state index is 0.214. The number of benzene rings is 2. The molecule has 0 amide bonds. The van der Waals surface area contributed by atoms with Gasteiger partial charge in [0.2, 0.25) is 0 Å². The topological polar surface area (TPSA) is 59.1 Å². The molecule has 0 saturated carbocycles. The van der Waals surface area contributed by atoms with Crippen LogP contribution in [0.5, 0.6) is 5.75 Å². The maximum atomic E-state index is 10.8. The van der Waals surface area contributed by atoms with Crippen molar-refractivity contribution in [1.82, 2.24) is 4.98 Å². The van der Waals surface area contributed by atoms with E-state index in [1.807, 2.05) is 45.0 Å². The third-order valence-electron chi connectivity index (χ3n) is 4.22. The Morgan fingerprint density at radius 2 is 1.62 bits per heavy atom. The lowest BCUT2D eigenvalue weighted by Crippen LogP contribution is -1.92. The van der Waals surface area contributed by atoms with Gasteiger partial charge in [-0.25, -0.2) is 0 Å². The van der Waals surface area contributed by atoms with Crippen molar-refractivity contribution >= 4 is 17.3 Å². The highest BCUT2D eigenvalue weighted by atomic mass is 35.5. The number of aromatic hydroxyl groups is 1. The number of hydrogen-bond donors (Lipinski definition) is 2. The third-order valence-corrected chi connectivity index (χ3v) is 4.54. The fourth-order valence-corrected chi connectivity index (χ4v) is 2.88. The van der Waals surface area contributed by atoms with E-state index >= 15 is 0 Å². The molecule has 0 saturated heterocycles. The number of nitrogens with zero attached hydrogens (tertiary/aromatic N) is 1. The minimum Gasteiger partial charge on any atom is -0.507 e. The number of aryl methyl sites for hydroxylation is 3. The molecule has 1 aromatic heterocycles. The van der Waals surface area contributed by atoms with Crippen LogP contribution < -0.4 is 5.73 Å². The molecule has 0 bridgehead atoms. The van der Waals surface area contributed by atoms with Crippen molar-refractivity contribution in [1.29, 1.82) is 0 Å². The Hall–Kier alpha value is -2.52. The molecule has 1 heterocycles. The van der Waals surface area contributed by atoms with Gasteiger partial charge >= 0.3 is 0 Å². The van der Waals surface area contributed by atoms with E-state index in [1.165, 1.54) is 0 Å². The zero-order chi connectivity index (χ0) is 17.4. The summed E-state index contributed by atoms with van der Waals surface area (Å²) in [6, 6.07) is 11.3. The molecule has 122 valence electrons. The molecule has 3 aromatic rings. The molecule has 2 aromatic carbocycles. The van der Waals surface area contributed by atoms with Crippen molar-refractivity contribution in [2.75, 3.05) is 5.73 Å². The Bertz CT molecular complexity index is 862. The Morgan fingerprint density at radius 1 is 0.958 bits per heavy atom. The van der Waals surface area contributed by atoms with E-state index in [4.69, 9.17) is 17.3 Å². The minimum atomic E-state index is 0.214. The van der Waals surface area contributed by atoms with Crippen molar-refractivity contribution in [3.8, 4) is 28.0 Å². The zero-order valence-corrected chi connectivity index (χ0v) is 14.6. The van der Waals surface area contributed by atoms with Gasteiger partial charge in [-0.05, 0) is 67.8 Å². The van der Waals surface area contributed by atoms with Gasteiger partial charge in [0.05, 0.1) is 10.7 Å². The van der Waals surface area contributed by atoms with Crippen LogP contribution in [-0.4, -0.2) is 10.1 Å². The molecule has 0 spiro atoms. The second kappa shape index (κ2) is 6.17. The van der Waals surface area contributed by atoms with E-state index in [0.29, 0.717) is 10.7 Å². The summed E-state index contributed by atoms with van der Waals surface area (Å²) in [5.74, 6) is 0.214. The lowest BCUT2D eigenvalue weighted by atomic mass is 9.95. The number of nitrogens with two attached hydrogens (primary N) is 1. The Kier molecular flexibility index (Phi) is 4.20. The molecule has 4 heteroatoms.